The fraction of sp³-hybridized carbons (Fsp3) is 0.500. The maximum absolute atomic E-state index is 6.13. The van der Waals surface area contributed by atoms with Crippen LogP contribution in [0.2, 0.25) is 5.02 Å². The van der Waals surface area contributed by atoms with E-state index in [0.29, 0.717) is 0 Å². The number of hydrogen-bond donors (Lipinski definition) is 2. The van der Waals surface area contributed by atoms with Crippen LogP contribution in [0, 0.1) is 6.92 Å². The molecule has 3 heteroatoms. The Bertz CT molecular complexity index is 292. The highest BCUT2D eigenvalue weighted by Crippen LogP contribution is 2.27. The summed E-state index contributed by atoms with van der Waals surface area (Å²) in [7, 11) is 0. The number of halogens is 1. The van der Waals surface area contributed by atoms with Crippen molar-refractivity contribution in [1.82, 2.24) is 0 Å². The van der Waals surface area contributed by atoms with Gasteiger partial charge >= 0.3 is 0 Å². The van der Waals surface area contributed by atoms with Crippen molar-refractivity contribution in [2.24, 2.45) is 11.5 Å². The molecule has 0 radical (unpaired) electrons. The van der Waals surface area contributed by atoms with Gasteiger partial charge in [0.05, 0.1) is 0 Å². The van der Waals surface area contributed by atoms with E-state index in [1.807, 2.05) is 25.1 Å². The number of benzene rings is 1. The Hall–Kier alpha value is -0.570. The molecule has 4 N–H and O–H groups in total. The van der Waals surface area contributed by atoms with Crippen LogP contribution >= 0.6 is 11.6 Å². The molecule has 1 atom stereocenters. The Morgan fingerprint density at radius 1 is 1.33 bits per heavy atom. The Morgan fingerprint density at radius 2 is 2.07 bits per heavy atom. The van der Waals surface area contributed by atoms with Crippen LogP contribution in [0.3, 0.4) is 0 Å². The normalized spacial score (nSPS) is 12.8. The lowest BCUT2D eigenvalue weighted by Crippen LogP contribution is -2.13. The summed E-state index contributed by atoms with van der Waals surface area (Å²) in [5, 5.41) is 0.773. The molecule has 0 saturated heterocycles. The molecule has 1 aromatic rings. The molecule has 0 spiro atoms. The smallest absolute Gasteiger partial charge is 0.0456 e. The molecular formula is C12H19ClN2. The van der Waals surface area contributed by atoms with E-state index in [9.17, 15) is 0 Å². The number of aryl methyl sites for hydroxylation is 1. The van der Waals surface area contributed by atoms with E-state index in [2.05, 4.69) is 0 Å². The average Bonchev–Trinajstić information content (AvgIpc) is 2.18. The summed E-state index contributed by atoms with van der Waals surface area (Å²) in [6.45, 7) is 2.78. The fourth-order valence-electron chi connectivity index (χ4n) is 1.77. The van der Waals surface area contributed by atoms with Gasteiger partial charge in [-0.1, -0.05) is 30.2 Å². The lowest BCUT2D eigenvalue weighted by Gasteiger charge is -2.16. The molecule has 0 bridgehead atoms. The third-order valence-electron chi connectivity index (χ3n) is 2.61. The van der Waals surface area contributed by atoms with Crippen molar-refractivity contribution < 1.29 is 0 Å². The van der Waals surface area contributed by atoms with Crippen LogP contribution in [0.15, 0.2) is 18.2 Å². The van der Waals surface area contributed by atoms with Gasteiger partial charge in [-0.05, 0) is 43.5 Å². The van der Waals surface area contributed by atoms with E-state index in [1.165, 1.54) is 5.56 Å². The Kier molecular flexibility index (Phi) is 5.09. The molecule has 0 heterocycles. The molecule has 1 aromatic carbocycles. The van der Waals surface area contributed by atoms with Crippen molar-refractivity contribution >= 4 is 11.6 Å². The molecule has 0 aliphatic heterocycles. The maximum atomic E-state index is 6.13. The van der Waals surface area contributed by atoms with Gasteiger partial charge in [0.2, 0.25) is 0 Å². The highest BCUT2D eigenvalue weighted by molar-refractivity contribution is 6.31. The summed E-state index contributed by atoms with van der Waals surface area (Å²) in [5.41, 5.74) is 13.8. The van der Waals surface area contributed by atoms with E-state index in [4.69, 9.17) is 23.1 Å². The zero-order valence-corrected chi connectivity index (χ0v) is 9.93. The van der Waals surface area contributed by atoms with Gasteiger partial charge in [0, 0.05) is 11.1 Å². The van der Waals surface area contributed by atoms with Crippen LogP contribution in [0.5, 0.6) is 0 Å². The Balaban J connectivity index is 2.68. The van der Waals surface area contributed by atoms with Gasteiger partial charge in [-0.3, -0.25) is 0 Å². The Morgan fingerprint density at radius 3 is 2.67 bits per heavy atom. The first-order chi connectivity index (χ1) is 7.16. The van der Waals surface area contributed by atoms with Crippen molar-refractivity contribution in [2.45, 2.75) is 32.2 Å². The van der Waals surface area contributed by atoms with Gasteiger partial charge in [-0.2, -0.15) is 0 Å². The standard InChI is InChI=1S/C12H19ClN2/c1-9-5-4-6-10(13)12(9)11(15)7-2-3-8-14/h4-6,11H,2-3,7-8,14-15H2,1H3/t11-/m0/s1. The molecule has 2 nitrogen and oxygen atoms in total. The van der Waals surface area contributed by atoms with Gasteiger partial charge in [0.1, 0.15) is 0 Å². The minimum Gasteiger partial charge on any atom is -0.330 e. The number of nitrogens with two attached hydrogens (primary N) is 2. The molecule has 84 valence electrons. The first-order valence-electron chi connectivity index (χ1n) is 5.37. The first-order valence-corrected chi connectivity index (χ1v) is 5.75. The summed E-state index contributed by atoms with van der Waals surface area (Å²) < 4.78 is 0. The van der Waals surface area contributed by atoms with Crippen LogP contribution in [0.25, 0.3) is 0 Å². The van der Waals surface area contributed by atoms with E-state index in [0.717, 1.165) is 36.4 Å². The third-order valence-corrected chi connectivity index (χ3v) is 2.94. The van der Waals surface area contributed by atoms with E-state index in [1.54, 1.807) is 0 Å². The molecule has 0 amide bonds. The average molecular weight is 227 g/mol. The molecule has 0 aromatic heterocycles. The largest absolute Gasteiger partial charge is 0.330 e. The van der Waals surface area contributed by atoms with E-state index in [-0.39, 0.29) is 6.04 Å². The quantitative estimate of drug-likeness (QED) is 0.759. The lowest BCUT2D eigenvalue weighted by molar-refractivity contribution is 0.589. The molecular weight excluding hydrogens is 208 g/mol. The second kappa shape index (κ2) is 6.11. The molecule has 0 unspecified atom stereocenters. The van der Waals surface area contributed by atoms with Crippen molar-refractivity contribution in [3.8, 4) is 0 Å². The zero-order valence-electron chi connectivity index (χ0n) is 9.17. The molecule has 1 rings (SSSR count). The van der Waals surface area contributed by atoms with Gasteiger partial charge < -0.3 is 11.5 Å². The van der Waals surface area contributed by atoms with Crippen LogP contribution in [-0.2, 0) is 0 Å². The summed E-state index contributed by atoms with van der Waals surface area (Å²) in [6.07, 6.45) is 3.03. The second-order valence-electron chi connectivity index (χ2n) is 3.86. The van der Waals surface area contributed by atoms with Gasteiger partial charge in [-0.15, -0.1) is 0 Å². The minimum absolute atomic E-state index is 0.0326. The van der Waals surface area contributed by atoms with E-state index >= 15 is 0 Å². The second-order valence-corrected chi connectivity index (χ2v) is 4.27. The number of unbranched alkanes of at least 4 members (excludes halogenated alkanes) is 1. The SMILES string of the molecule is Cc1cccc(Cl)c1[C@@H](N)CCCCN. The minimum atomic E-state index is 0.0326. The highest BCUT2D eigenvalue weighted by atomic mass is 35.5. The third kappa shape index (κ3) is 3.49. The van der Waals surface area contributed by atoms with Crippen LogP contribution in [0.4, 0.5) is 0 Å². The fourth-order valence-corrected chi connectivity index (χ4v) is 2.13. The maximum Gasteiger partial charge on any atom is 0.0456 e. The topological polar surface area (TPSA) is 52.0 Å². The molecule has 15 heavy (non-hydrogen) atoms. The zero-order chi connectivity index (χ0) is 11.3. The summed E-state index contributed by atoms with van der Waals surface area (Å²) >= 11 is 6.13. The van der Waals surface area contributed by atoms with Crippen molar-refractivity contribution in [3.05, 3.63) is 34.3 Å². The van der Waals surface area contributed by atoms with Crippen LogP contribution in [0.1, 0.15) is 36.4 Å². The first kappa shape index (κ1) is 12.5. The molecule has 0 aliphatic rings. The number of hydrogen-bond acceptors (Lipinski definition) is 2. The van der Waals surface area contributed by atoms with E-state index < -0.39 is 0 Å². The molecule has 0 saturated carbocycles. The van der Waals surface area contributed by atoms with Gasteiger partial charge in [0.15, 0.2) is 0 Å². The summed E-state index contributed by atoms with van der Waals surface area (Å²) in [6, 6.07) is 5.93. The highest BCUT2D eigenvalue weighted by Gasteiger charge is 2.11. The molecule has 0 aliphatic carbocycles. The lowest BCUT2D eigenvalue weighted by atomic mass is 9.97. The Labute approximate surface area is 96.6 Å². The molecule has 0 fully saturated rings. The van der Waals surface area contributed by atoms with Crippen molar-refractivity contribution in [2.75, 3.05) is 6.54 Å². The monoisotopic (exact) mass is 226 g/mol. The van der Waals surface area contributed by atoms with Crippen molar-refractivity contribution in [1.29, 1.82) is 0 Å². The van der Waals surface area contributed by atoms with Gasteiger partial charge in [-0.25, -0.2) is 0 Å². The predicted molar refractivity (Wildman–Crippen MR) is 66.0 cm³/mol. The summed E-state index contributed by atoms with van der Waals surface area (Å²) in [5.74, 6) is 0. The van der Waals surface area contributed by atoms with Gasteiger partial charge in [0.25, 0.3) is 0 Å². The predicted octanol–water partition coefficient (Wildman–Crippen LogP) is 2.78. The number of rotatable bonds is 5. The van der Waals surface area contributed by atoms with Crippen LogP contribution < -0.4 is 11.5 Å². The van der Waals surface area contributed by atoms with Crippen molar-refractivity contribution in [3.63, 3.8) is 0 Å². The van der Waals surface area contributed by atoms with Crippen LogP contribution in [-0.4, -0.2) is 6.54 Å². The summed E-state index contributed by atoms with van der Waals surface area (Å²) in [4.78, 5) is 0.